The first-order valence-corrected chi connectivity index (χ1v) is 12.7. The summed E-state index contributed by atoms with van der Waals surface area (Å²) in [5, 5.41) is 8.01. The Morgan fingerprint density at radius 1 is 1.00 bits per heavy atom. The van der Waals surface area contributed by atoms with Crippen molar-refractivity contribution in [3.8, 4) is 11.3 Å². The molecule has 11 heteroatoms. The molecule has 3 aromatic rings. The van der Waals surface area contributed by atoms with E-state index in [-0.39, 0.29) is 29.8 Å². The number of hydrogen-bond donors (Lipinski definition) is 3. The molecule has 0 unspecified atom stereocenters. The van der Waals surface area contributed by atoms with Crippen LogP contribution in [0.5, 0.6) is 0 Å². The van der Waals surface area contributed by atoms with E-state index in [1.54, 1.807) is 37.4 Å². The van der Waals surface area contributed by atoms with Gasteiger partial charge in [0, 0.05) is 19.2 Å². The van der Waals surface area contributed by atoms with E-state index in [9.17, 15) is 27.6 Å². The molecular formula is C28H29F3N4O4. The van der Waals surface area contributed by atoms with Gasteiger partial charge < -0.3 is 20.4 Å². The van der Waals surface area contributed by atoms with Gasteiger partial charge in [-0.1, -0.05) is 43.5 Å². The Kier molecular flexibility index (Phi) is 8.68. The van der Waals surface area contributed by atoms with Gasteiger partial charge in [-0.3, -0.25) is 14.4 Å². The quantitative estimate of drug-likeness (QED) is 0.382. The number of amides is 3. The number of furan rings is 1. The van der Waals surface area contributed by atoms with Crippen molar-refractivity contribution in [3.63, 3.8) is 0 Å². The number of carbonyl (C=O) groups is 3. The zero-order chi connectivity index (χ0) is 28.0. The van der Waals surface area contributed by atoms with Crippen LogP contribution in [0.1, 0.15) is 64.4 Å². The predicted molar refractivity (Wildman–Crippen MR) is 136 cm³/mol. The van der Waals surface area contributed by atoms with Crippen molar-refractivity contribution >= 4 is 17.7 Å². The van der Waals surface area contributed by atoms with Gasteiger partial charge in [-0.25, -0.2) is 4.98 Å². The van der Waals surface area contributed by atoms with E-state index < -0.39 is 29.7 Å². The molecule has 0 spiro atoms. The van der Waals surface area contributed by atoms with Crippen LogP contribution in [0.3, 0.4) is 0 Å². The first kappa shape index (κ1) is 27.9. The number of benzene rings is 1. The molecule has 0 radical (unpaired) electrons. The summed E-state index contributed by atoms with van der Waals surface area (Å²) in [7, 11) is 1.54. The third kappa shape index (κ3) is 7.04. The largest absolute Gasteiger partial charge is 0.451 e. The average molecular weight is 543 g/mol. The molecule has 0 aliphatic heterocycles. The molecule has 8 nitrogen and oxygen atoms in total. The van der Waals surface area contributed by atoms with Crippen molar-refractivity contribution in [1.82, 2.24) is 20.9 Å². The van der Waals surface area contributed by atoms with E-state index in [1.165, 1.54) is 12.1 Å². The number of halogens is 3. The lowest BCUT2D eigenvalue weighted by molar-refractivity contribution is -0.141. The second-order valence-electron chi connectivity index (χ2n) is 9.42. The summed E-state index contributed by atoms with van der Waals surface area (Å²) in [6, 6.07) is 12.6. The highest BCUT2D eigenvalue weighted by molar-refractivity contribution is 5.96. The molecule has 1 aromatic carbocycles. The minimum Gasteiger partial charge on any atom is -0.451 e. The third-order valence-electron chi connectivity index (χ3n) is 6.70. The Morgan fingerprint density at radius 2 is 1.74 bits per heavy atom. The standard InChI is InChI=1S/C28H29F3N4O4/c1-32-27(38)24(18-8-3-2-4-9-18)35-26(37)22-14-13-21(39-22)19-10-5-7-17(15-19)16-33-25(36)20-11-6-12-23(34-20)28(29,30)31/h5-7,10-15,18,24H,2-4,8-9,16H2,1H3,(H,32,38)(H,33,36)(H,35,37)/t24-/m0/s1. The van der Waals surface area contributed by atoms with Crippen LogP contribution in [0.15, 0.2) is 59.0 Å². The fourth-order valence-corrected chi connectivity index (χ4v) is 4.67. The SMILES string of the molecule is CNC(=O)[C@@H](NC(=O)c1ccc(-c2cccc(CNC(=O)c3cccc(C(F)(F)F)n3)c2)o1)C1CCCCC1. The number of carbonyl (C=O) groups excluding carboxylic acids is 3. The highest BCUT2D eigenvalue weighted by Gasteiger charge is 2.33. The van der Waals surface area contributed by atoms with Crippen molar-refractivity contribution in [1.29, 1.82) is 0 Å². The molecule has 3 N–H and O–H groups in total. The molecule has 206 valence electrons. The zero-order valence-electron chi connectivity index (χ0n) is 21.3. The maximum atomic E-state index is 12.9. The maximum absolute atomic E-state index is 12.9. The van der Waals surface area contributed by atoms with Crippen LogP contribution in [0.2, 0.25) is 0 Å². The Hall–Kier alpha value is -4.15. The number of aromatic nitrogens is 1. The second kappa shape index (κ2) is 12.1. The van der Waals surface area contributed by atoms with E-state index in [4.69, 9.17) is 4.42 Å². The molecule has 2 heterocycles. The lowest BCUT2D eigenvalue weighted by Gasteiger charge is -2.29. The molecule has 0 bridgehead atoms. The molecule has 1 aliphatic rings. The average Bonchev–Trinajstić information content (AvgIpc) is 3.45. The minimum atomic E-state index is -4.65. The number of alkyl halides is 3. The van der Waals surface area contributed by atoms with Gasteiger partial charge in [0.15, 0.2) is 5.76 Å². The van der Waals surface area contributed by atoms with E-state index >= 15 is 0 Å². The van der Waals surface area contributed by atoms with Crippen LogP contribution < -0.4 is 16.0 Å². The minimum absolute atomic E-state index is 0.0356. The van der Waals surface area contributed by atoms with E-state index in [1.807, 2.05) is 0 Å². The van der Waals surface area contributed by atoms with Gasteiger partial charge in [0.05, 0.1) is 0 Å². The Labute approximate surface area is 223 Å². The first-order chi connectivity index (χ1) is 18.7. The van der Waals surface area contributed by atoms with Gasteiger partial charge in [-0.2, -0.15) is 13.2 Å². The summed E-state index contributed by atoms with van der Waals surface area (Å²) < 4.78 is 44.5. The summed E-state index contributed by atoms with van der Waals surface area (Å²) >= 11 is 0. The van der Waals surface area contributed by atoms with Crippen LogP contribution in [-0.4, -0.2) is 35.8 Å². The fourth-order valence-electron chi connectivity index (χ4n) is 4.67. The highest BCUT2D eigenvalue weighted by atomic mass is 19.4. The summed E-state index contributed by atoms with van der Waals surface area (Å²) in [6.45, 7) is 0.0356. The molecule has 3 amide bonds. The topological polar surface area (TPSA) is 113 Å². The van der Waals surface area contributed by atoms with E-state index in [2.05, 4.69) is 20.9 Å². The normalized spacial score (nSPS) is 14.9. The van der Waals surface area contributed by atoms with Crippen molar-refractivity contribution < 1.29 is 32.0 Å². The van der Waals surface area contributed by atoms with Gasteiger partial charge in [-0.15, -0.1) is 0 Å². The molecule has 0 saturated heterocycles. The van der Waals surface area contributed by atoms with Crippen LogP contribution >= 0.6 is 0 Å². The zero-order valence-corrected chi connectivity index (χ0v) is 21.3. The molecular weight excluding hydrogens is 513 g/mol. The van der Waals surface area contributed by atoms with Gasteiger partial charge in [0.1, 0.15) is 23.2 Å². The lowest BCUT2D eigenvalue weighted by atomic mass is 9.83. The fraction of sp³-hybridized carbons (Fsp3) is 0.357. The highest BCUT2D eigenvalue weighted by Crippen LogP contribution is 2.29. The molecule has 1 saturated carbocycles. The van der Waals surface area contributed by atoms with Gasteiger partial charge >= 0.3 is 6.18 Å². The molecule has 1 aliphatic carbocycles. The van der Waals surface area contributed by atoms with Crippen LogP contribution in [0.25, 0.3) is 11.3 Å². The number of pyridine rings is 1. The predicted octanol–water partition coefficient (Wildman–Crippen LogP) is 4.72. The second-order valence-corrected chi connectivity index (χ2v) is 9.42. The molecule has 4 rings (SSSR count). The van der Waals surface area contributed by atoms with E-state index in [0.717, 1.165) is 44.2 Å². The first-order valence-electron chi connectivity index (χ1n) is 12.7. The van der Waals surface area contributed by atoms with Crippen LogP contribution in [0, 0.1) is 5.92 Å². The number of nitrogens with one attached hydrogen (secondary N) is 3. The van der Waals surface area contributed by atoms with Gasteiger partial charge in [0.2, 0.25) is 5.91 Å². The van der Waals surface area contributed by atoms with Crippen molar-refractivity contribution in [2.75, 3.05) is 7.05 Å². The van der Waals surface area contributed by atoms with Crippen molar-refractivity contribution in [2.24, 2.45) is 5.92 Å². The molecule has 1 fully saturated rings. The van der Waals surface area contributed by atoms with Gasteiger partial charge in [0.25, 0.3) is 11.8 Å². The van der Waals surface area contributed by atoms with Crippen LogP contribution in [-0.2, 0) is 17.5 Å². The number of rotatable bonds is 8. The molecule has 39 heavy (non-hydrogen) atoms. The Bertz CT molecular complexity index is 1330. The van der Waals surface area contributed by atoms with Gasteiger partial charge in [-0.05, 0) is 54.7 Å². The number of likely N-dealkylation sites (N-methyl/N-ethyl adjacent to an activating group) is 1. The summed E-state index contributed by atoms with van der Waals surface area (Å²) in [4.78, 5) is 41.1. The monoisotopic (exact) mass is 542 g/mol. The summed E-state index contributed by atoms with van der Waals surface area (Å²) in [6.07, 6.45) is 0.252. The lowest BCUT2D eigenvalue weighted by Crippen LogP contribution is -2.50. The summed E-state index contributed by atoms with van der Waals surface area (Å²) in [5.41, 5.74) is -0.193. The molecule has 1 atom stereocenters. The number of nitrogens with zero attached hydrogens (tertiary/aromatic N) is 1. The Morgan fingerprint density at radius 3 is 2.46 bits per heavy atom. The van der Waals surface area contributed by atoms with Crippen molar-refractivity contribution in [2.45, 2.75) is 50.9 Å². The maximum Gasteiger partial charge on any atom is 0.433 e. The summed E-state index contributed by atoms with van der Waals surface area (Å²) in [5.74, 6) is -0.942. The van der Waals surface area contributed by atoms with Crippen LogP contribution in [0.4, 0.5) is 13.2 Å². The van der Waals surface area contributed by atoms with E-state index in [0.29, 0.717) is 16.9 Å². The number of hydrogen-bond acceptors (Lipinski definition) is 5. The molecule has 2 aromatic heterocycles. The third-order valence-corrected chi connectivity index (χ3v) is 6.70. The van der Waals surface area contributed by atoms with Crippen molar-refractivity contribution in [3.05, 3.63) is 77.3 Å². The Balaban J connectivity index is 1.41. The smallest absolute Gasteiger partial charge is 0.433 e.